The Morgan fingerprint density at radius 1 is 1.17 bits per heavy atom. The number of aryl methyl sites for hydroxylation is 4. The van der Waals surface area contributed by atoms with Crippen LogP contribution in [0, 0.1) is 27.7 Å². The summed E-state index contributed by atoms with van der Waals surface area (Å²) in [6.07, 6.45) is 1.90. The van der Waals surface area contributed by atoms with Gasteiger partial charge in [0.2, 0.25) is 0 Å². The summed E-state index contributed by atoms with van der Waals surface area (Å²) in [6, 6.07) is 5.81. The number of fused-ring (bicyclic) bond motifs is 1. The van der Waals surface area contributed by atoms with Crippen molar-refractivity contribution >= 4 is 44.8 Å². The standard InChI is InChI=1S/C18H17BrClN3O/c1-9-5-11(3)15(14(20)7-9)22-18(24)16-12(4)21-17-13(19)6-10(2)8-23(16)17/h5-8H,1-4H3,(H,22,24). The third kappa shape index (κ3) is 2.94. The Bertz CT molecular complexity index is 955. The van der Waals surface area contributed by atoms with Gasteiger partial charge in [-0.3, -0.25) is 9.20 Å². The molecule has 0 saturated carbocycles. The zero-order valence-electron chi connectivity index (χ0n) is 13.9. The fourth-order valence-corrected chi connectivity index (χ4v) is 3.88. The summed E-state index contributed by atoms with van der Waals surface area (Å²) in [6.45, 7) is 7.70. The first-order valence-electron chi connectivity index (χ1n) is 7.51. The first kappa shape index (κ1) is 17.0. The topological polar surface area (TPSA) is 46.4 Å². The maximum atomic E-state index is 12.9. The molecule has 2 aromatic heterocycles. The molecule has 0 bridgehead atoms. The molecule has 3 aromatic rings. The fourth-order valence-electron chi connectivity index (χ4n) is 2.87. The molecule has 0 spiro atoms. The Hall–Kier alpha value is -1.85. The number of nitrogens with zero attached hydrogens (tertiary/aromatic N) is 2. The number of nitrogens with one attached hydrogen (secondary N) is 1. The van der Waals surface area contributed by atoms with E-state index in [2.05, 4.69) is 26.2 Å². The SMILES string of the molecule is Cc1cc(C)c(NC(=O)c2c(C)nc3c(Br)cc(C)cn23)c(Cl)c1. The number of carbonyl (C=O) groups excluding carboxylic acids is 1. The molecule has 0 saturated heterocycles. The predicted octanol–water partition coefficient (Wildman–Crippen LogP) is 5.24. The zero-order valence-corrected chi connectivity index (χ0v) is 16.2. The normalized spacial score (nSPS) is 11.1. The summed E-state index contributed by atoms with van der Waals surface area (Å²) in [7, 11) is 0. The van der Waals surface area contributed by atoms with E-state index >= 15 is 0 Å². The molecule has 1 N–H and O–H groups in total. The fraction of sp³-hybridized carbons (Fsp3) is 0.222. The van der Waals surface area contributed by atoms with Crippen LogP contribution in [0.1, 0.15) is 32.9 Å². The Morgan fingerprint density at radius 2 is 1.88 bits per heavy atom. The molecule has 6 heteroatoms. The predicted molar refractivity (Wildman–Crippen MR) is 101 cm³/mol. The van der Waals surface area contributed by atoms with Crippen LogP contribution in [-0.2, 0) is 0 Å². The van der Waals surface area contributed by atoms with E-state index in [0.29, 0.717) is 22.1 Å². The van der Waals surface area contributed by atoms with Crippen LogP contribution in [0.25, 0.3) is 5.65 Å². The molecule has 0 aliphatic carbocycles. The summed E-state index contributed by atoms with van der Waals surface area (Å²) in [5, 5.41) is 3.47. The van der Waals surface area contributed by atoms with Crippen molar-refractivity contribution in [1.29, 1.82) is 0 Å². The van der Waals surface area contributed by atoms with Gasteiger partial charge in [-0.2, -0.15) is 0 Å². The van der Waals surface area contributed by atoms with Gasteiger partial charge >= 0.3 is 0 Å². The average molecular weight is 407 g/mol. The van der Waals surface area contributed by atoms with Crippen molar-refractivity contribution in [2.75, 3.05) is 5.32 Å². The Balaban J connectivity index is 2.09. The van der Waals surface area contributed by atoms with Crippen molar-refractivity contribution in [3.8, 4) is 0 Å². The van der Waals surface area contributed by atoms with Crippen LogP contribution in [0.15, 0.2) is 28.9 Å². The molecule has 0 atom stereocenters. The van der Waals surface area contributed by atoms with Gasteiger partial charge in [-0.25, -0.2) is 4.98 Å². The van der Waals surface area contributed by atoms with Gasteiger partial charge in [0.1, 0.15) is 5.69 Å². The molecule has 0 radical (unpaired) electrons. The van der Waals surface area contributed by atoms with Crippen LogP contribution >= 0.6 is 27.5 Å². The second-order valence-corrected chi connectivity index (χ2v) is 7.26. The van der Waals surface area contributed by atoms with Crippen molar-refractivity contribution in [1.82, 2.24) is 9.38 Å². The van der Waals surface area contributed by atoms with E-state index in [4.69, 9.17) is 11.6 Å². The first-order valence-corrected chi connectivity index (χ1v) is 8.68. The van der Waals surface area contributed by atoms with Crippen LogP contribution in [-0.4, -0.2) is 15.3 Å². The molecule has 0 aliphatic rings. The molecule has 124 valence electrons. The lowest BCUT2D eigenvalue weighted by molar-refractivity contribution is 0.102. The first-order chi connectivity index (χ1) is 11.3. The molecule has 24 heavy (non-hydrogen) atoms. The lowest BCUT2D eigenvalue weighted by Gasteiger charge is -2.12. The number of hydrogen-bond acceptors (Lipinski definition) is 2. The van der Waals surface area contributed by atoms with Crippen LogP contribution in [0.5, 0.6) is 0 Å². The number of hydrogen-bond donors (Lipinski definition) is 1. The number of halogens is 2. The highest BCUT2D eigenvalue weighted by Gasteiger charge is 2.20. The molecule has 4 nitrogen and oxygen atoms in total. The highest BCUT2D eigenvalue weighted by atomic mass is 79.9. The number of anilines is 1. The number of rotatable bonds is 2. The van der Waals surface area contributed by atoms with E-state index in [9.17, 15) is 4.79 Å². The Labute approximate surface area is 154 Å². The summed E-state index contributed by atoms with van der Waals surface area (Å²) in [5.74, 6) is -0.230. The van der Waals surface area contributed by atoms with E-state index in [0.717, 1.165) is 26.8 Å². The quantitative estimate of drug-likeness (QED) is 0.633. The lowest BCUT2D eigenvalue weighted by atomic mass is 10.1. The molecule has 0 unspecified atom stereocenters. The summed E-state index contributed by atoms with van der Waals surface area (Å²) in [4.78, 5) is 17.4. The minimum Gasteiger partial charge on any atom is -0.319 e. The second kappa shape index (κ2) is 6.22. The van der Waals surface area contributed by atoms with E-state index in [1.54, 1.807) is 0 Å². The van der Waals surface area contributed by atoms with E-state index in [1.807, 2.05) is 56.5 Å². The van der Waals surface area contributed by atoms with Gasteiger partial charge in [0.05, 0.1) is 20.9 Å². The number of amides is 1. The molecule has 3 rings (SSSR count). The zero-order chi connectivity index (χ0) is 17.6. The van der Waals surface area contributed by atoms with E-state index in [1.165, 1.54) is 0 Å². The maximum Gasteiger partial charge on any atom is 0.274 e. The van der Waals surface area contributed by atoms with Crippen LogP contribution in [0.4, 0.5) is 5.69 Å². The average Bonchev–Trinajstić information content (AvgIpc) is 2.79. The van der Waals surface area contributed by atoms with Crippen molar-refractivity contribution in [3.05, 3.63) is 62.0 Å². The highest BCUT2D eigenvalue weighted by Crippen LogP contribution is 2.29. The highest BCUT2D eigenvalue weighted by molar-refractivity contribution is 9.10. The van der Waals surface area contributed by atoms with Gasteiger partial charge in [0, 0.05) is 6.20 Å². The van der Waals surface area contributed by atoms with Gasteiger partial charge in [0.25, 0.3) is 5.91 Å². The largest absolute Gasteiger partial charge is 0.319 e. The van der Waals surface area contributed by atoms with E-state index in [-0.39, 0.29) is 5.91 Å². The van der Waals surface area contributed by atoms with Gasteiger partial charge in [-0.1, -0.05) is 17.7 Å². The Morgan fingerprint density at radius 3 is 2.54 bits per heavy atom. The summed E-state index contributed by atoms with van der Waals surface area (Å²) < 4.78 is 2.66. The Kier molecular flexibility index (Phi) is 4.40. The third-order valence-electron chi connectivity index (χ3n) is 3.87. The molecule has 1 amide bonds. The summed E-state index contributed by atoms with van der Waals surface area (Å²) >= 11 is 9.81. The number of benzene rings is 1. The summed E-state index contributed by atoms with van der Waals surface area (Å²) in [5.41, 5.74) is 5.54. The van der Waals surface area contributed by atoms with Gasteiger partial charge in [0.15, 0.2) is 5.65 Å². The van der Waals surface area contributed by atoms with E-state index < -0.39 is 0 Å². The molecule has 2 heterocycles. The molecule has 1 aromatic carbocycles. The molecule has 0 aliphatic heterocycles. The van der Waals surface area contributed by atoms with Gasteiger partial charge in [-0.05, 0) is 72.4 Å². The minimum atomic E-state index is -0.230. The number of imidazole rings is 1. The number of aromatic nitrogens is 2. The third-order valence-corrected chi connectivity index (χ3v) is 4.75. The number of carbonyl (C=O) groups is 1. The number of pyridine rings is 1. The molecular weight excluding hydrogens is 390 g/mol. The van der Waals surface area contributed by atoms with Crippen molar-refractivity contribution in [3.63, 3.8) is 0 Å². The smallest absolute Gasteiger partial charge is 0.274 e. The van der Waals surface area contributed by atoms with Crippen molar-refractivity contribution < 1.29 is 4.79 Å². The van der Waals surface area contributed by atoms with Gasteiger partial charge in [-0.15, -0.1) is 0 Å². The van der Waals surface area contributed by atoms with Crippen molar-refractivity contribution in [2.24, 2.45) is 0 Å². The molecular formula is C18H17BrClN3O. The molecule has 0 fully saturated rings. The maximum absolute atomic E-state index is 12.9. The second-order valence-electron chi connectivity index (χ2n) is 6.00. The van der Waals surface area contributed by atoms with Gasteiger partial charge < -0.3 is 5.32 Å². The lowest BCUT2D eigenvalue weighted by Crippen LogP contribution is -2.17. The minimum absolute atomic E-state index is 0.230. The van der Waals surface area contributed by atoms with Crippen LogP contribution < -0.4 is 5.32 Å². The monoisotopic (exact) mass is 405 g/mol. The van der Waals surface area contributed by atoms with Crippen molar-refractivity contribution in [2.45, 2.75) is 27.7 Å². The van der Waals surface area contributed by atoms with Crippen LogP contribution in [0.2, 0.25) is 5.02 Å². The van der Waals surface area contributed by atoms with Crippen LogP contribution in [0.3, 0.4) is 0 Å².